The molecule has 2 heterocycles. The first kappa shape index (κ1) is 25.3. The fourth-order valence-corrected chi connectivity index (χ4v) is 5.17. The molecule has 1 aromatic heterocycles. The molecule has 1 atom stereocenters. The number of allylic oxidation sites excluding steroid dienone is 1. The maximum Gasteiger partial charge on any atom is 0.338 e. The first-order chi connectivity index (χ1) is 17.0. The third kappa shape index (κ3) is 4.95. The van der Waals surface area contributed by atoms with Crippen molar-refractivity contribution in [1.29, 1.82) is 0 Å². The minimum atomic E-state index is -0.731. The molecule has 0 bridgehead atoms. The highest BCUT2D eigenvalue weighted by Crippen LogP contribution is 2.31. The Hall–Kier alpha value is -3.78. The zero-order valence-electron chi connectivity index (χ0n) is 21.1. The van der Waals surface area contributed by atoms with Gasteiger partial charge in [0, 0.05) is 6.92 Å². The minimum absolute atomic E-state index is 0.0324. The highest BCUT2D eigenvalue weighted by atomic mass is 32.1. The van der Waals surface area contributed by atoms with Gasteiger partial charge < -0.3 is 9.47 Å². The maximum absolute atomic E-state index is 13.6. The fraction of sp³-hybridized carbons (Fsp3) is 0.286. The molecule has 0 spiro atoms. The molecule has 186 valence electrons. The molecule has 7 nitrogen and oxygen atoms in total. The Kier molecular flexibility index (Phi) is 6.82. The van der Waals surface area contributed by atoms with Crippen molar-refractivity contribution < 1.29 is 19.1 Å². The summed E-state index contributed by atoms with van der Waals surface area (Å²) in [5, 5.41) is 0. The van der Waals surface area contributed by atoms with E-state index >= 15 is 0 Å². The first-order valence-corrected chi connectivity index (χ1v) is 12.3. The van der Waals surface area contributed by atoms with Gasteiger partial charge in [0.2, 0.25) is 0 Å². The summed E-state index contributed by atoms with van der Waals surface area (Å²) in [6.45, 7) is 9.51. The lowest BCUT2D eigenvalue weighted by molar-refractivity contribution is -0.136. The molecule has 1 aliphatic rings. The van der Waals surface area contributed by atoms with Crippen molar-refractivity contribution in [2.45, 2.75) is 46.1 Å². The van der Waals surface area contributed by atoms with Crippen molar-refractivity contribution in [1.82, 2.24) is 4.57 Å². The number of hydrogen-bond acceptors (Lipinski definition) is 7. The number of thiazole rings is 1. The average Bonchev–Trinajstić information content (AvgIpc) is 3.12. The third-order valence-electron chi connectivity index (χ3n) is 5.96. The zero-order chi connectivity index (χ0) is 26.2. The number of benzene rings is 2. The van der Waals surface area contributed by atoms with Crippen LogP contribution in [0.2, 0.25) is 0 Å². The highest BCUT2D eigenvalue weighted by Gasteiger charge is 2.33. The number of fused-ring (bicyclic) bond motifs is 1. The van der Waals surface area contributed by atoms with Crippen LogP contribution < -0.4 is 19.6 Å². The average molecular weight is 505 g/mol. The van der Waals surface area contributed by atoms with Crippen LogP contribution in [-0.4, -0.2) is 23.6 Å². The topological polar surface area (TPSA) is 87.0 Å². The van der Waals surface area contributed by atoms with E-state index in [-0.39, 0.29) is 16.5 Å². The number of aromatic nitrogens is 1. The second-order valence-corrected chi connectivity index (χ2v) is 10.6. The van der Waals surface area contributed by atoms with Crippen molar-refractivity contribution >= 4 is 29.4 Å². The Morgan fingerprint density at radius 3 is 2.25 bits per heavy atom. The number of ether oxygens (including phenoxy) is 2. The summed E-state index contributed by atoms with van der Waals surface area (Å²) in [5.41, 5.74) is 3.33. The van der Waals surface area contributed by atoms with Gasteiger partial charge in [-0.15, -0.1) is 0 Å². The standard InChI is InChI=1S/C28H28N2O5S/c1-16-23(26(33)34-6)24(19-9-13-21(14-10-19)35-17(2)31)30-25(32)22(36-27(30)29-16)15-18-7-11-20(12-8-18)28(3,4)5/h7-15,24H,1-6H3/b22-15-/t24-/m1/s1. The Morgan fingerprint density at radius 1 is 1.06 bits per heavy atom. The van der Waals surface area contributed by atoms with Gasteiger partial charge in [-0.05, 0) is 47.2 Å². The molecule has 0 unspecified atom stereocenters. The van der Waals surface area contributed by atoms with Crippen LogP contribution in [0, 0.1) is 0 Å². The molecule has 0 fully saturated rings. The van der Waals surface area contributed by atoms with Crippen LogP contribution in [-0.2, 0) is 19.7 Å². The number of rotatable bonds is 4. The quantitative estimate of drug-likeness (QED) is 0.400. The number of carbonyl (C=O) groups is 2. The summed E-state index contributed by atoms with van der Waals surface area (Å²) in [6.07, 6.45) is 1.84. The maximum atomic E-state index is 13.6. The van der Waals surface area contributed by atoms with Crippen molar-refractivity contribution in [3.05, 3.63) is 96.2 Å². The smallest absolute Gasteiger partial charge is 0.338 e. The van der Waals surface area contributed by atoms with E-state index in [1.54, 1.807) is 31.2 Å². The van der Waals surface area contributed by atoms with Crippen LogP contribution in [0.25, 0.3) is 6.08 Å². The lowest BCUT2D eigenvalue weighted by Crippen LogP contribution is -2.39. The van der Waals surface area contributed by atoms with Crippen LogP contribution in [0.4, 0.5) is 0 Å². The molecule has 0 radical (unpaired) electrons. The third-order valence-corrected chi connectivity index (χ3v) is 6.94. The largest absolute Gasteiger partial charge is 0.466 e. The summed E-state index contributed by atoms with van der Waals surface area (Å²) in [6, 6.07) is 14.1. The van der Waals surface area contributed by atoms with Crippen LogP contribution in [0.15, 0.2) is 69.6 Å². The SMILES string of the molecule is COC(=O)C1=C(C)N=c2s/c(=C\c3ccc(C(C)(C)C)cc3)c(=O)n2[C@@H]1c1ccc(OC(C)=O)cc1. The van der Waals surface area contributed by atoms with Crippen molar-refractivity contribution in [3.8, 4) is 5.75 Å². The Labute approximate surface area is 213 Å². The predicted octanol–water partition coefficient (Wildman–Crippen LogP) is 3.63. The van der Waals surface area contributed by atoms with Crippen molar-refractivity contribution in [2.24, 2.45) is 4.99 Å². The van der Waals surface area contributed by atoms with E-state index in [2.05, 4.69) is 37.9 Å². The summed E-state index contributed by atoms with van der Waals surface area (Å²) in [4.78, 5) is 42.8. The Bertz CT molecular complexity index is 1540. The van der Waals surface area contributed by atoms with E-state index in [0.717, 1.165) is 5.56 Å². The molecule has 1 aliphatic heterocycles. The van der Waals surface area contributed by atoms with E-state index in [4.69, 9.17) is 9.47 Å². The lowest BCUT2D eigenvalue weighted by atomic mass is 9.87. The van der Waals surface area contributed by atoms with Gasteiger partial charge in [0.15, 0.2) is 4.80 Å². The highest BCUT2D eigenvalue weighted by molar-refractivity contribution is 7.07. The van der Waals surface area contributed by atoms with Gasteiger partial charge >= 0.3 is 11.9 Å². The fourth-order valence-electron chi connectivity index (χ4n) is 4.12. The molecule has 8 heteroatoms. The minimum Gasteiger partial charge on any atom is -0.466 e. The van der Waals surface area contributed by atoms with Gasteiger partial charge in [-0.3, -0.25) is 14.2 Å². The number of nitrogens with zero attached hydrogens (tertiary/aromatic N) is 2. The molecule has 0 saturated heterocycles. The number of carbonyl (C=O) groups excluding carboxylic acids is 2. The normalized spacial score (nSPS) is 15.8. The molecular formula is C28H28N2O5S. The van der Waals surface area contributed by atoms with Crippen LogP contribution >= 0.6 is 11.3 Å². The van der Waals surface area contributed by atoms with E-state index in [1.165, 1.54) is 35.5 Å². The van der Waals surface area contributed by atoms with Crippen LogP contribution in [0.1, 0.15) is 57.4 Å². The van der Waals surface area contributed by atoms with Gasteiger partial charge in [-0.1, -0.05) is 68.5 Å². The monoisotopic (exact) mass is 504 g/mol. The zero-order valence-corrected chi connectivity index (χ0v) is 21.9. The number of hydrogen-bond donors (Lipinski definition) is 0. The Morgan fingerprint density at radius 2 is 1.69 bits per heavy atom. The molecule has 0 saturated carbocycles. The van der Waals surface area contributed by atoms with Crippen LogP contribution in [0.3, 0.4) is 0 Å². The van der Waals surface area contributed by atoms with E-state index in [9.17, 15) is 14.4 Å². The molecule has 0 amide bonds. The van der Waals surface area contributed by atoms with E-state index < -0.39 is 18.0 Å². The van der Waals surface area contributed by atoms with Gasteiger partial charge in [0.25, 0.3) is 5.56 Å². The Balaban J connectivity index is 1.86. The van der Waals surface area contributed by atoms with Crippen molar-refractivity contribution in [3.63, 3.8) is 0 Å². The second kappa shape index (κ2) is 9.70. The summed E-state index contributed by atoms with van der Waals surface area (Å²) < 4.78 is 12.2. The molecule has 2 aromatic carbocycles. The molecule has 0 aliphatic carbocycles. The van der Waals surface area contributed by atoms with Gasteiger partial charge in [0.05, 0.1) is 29.0 Å². The number of methoxy groups -OCH3 is 1. The number of esters is 2. The summed E-state index contributed by atoms with van der Waals surface area (Å²) in [7, 11) is 1.30. The summed E-state index contributed by atoms with van der Waals surface area (Å²) in [5.74, 6) is -0.618. The van der Waals surface area contributed by atoms with Crippen molar-refractivity contribution in [2.75, 3.05) is 7.11 Å². The van der Waals surface area contributed by atoms with E-state index in [1.807, 2.05) is 18.2 Å². The molecule has 36 heavy (non-hydrogen) atoms. The molecule has 4 rings (SSSR count). The second-order valence-electron chi connectivity index (χ2n) is 9.61. The molecular weight excluding hydrogens is 476 g/mol. The lowest BCUT2D eigenvalue weighted by Gasteiger charge is -2.24. The molecule has 3 aromatic rings. The van der Waals surface area contributed by atoms with Gasteiger partial charge in [-0.2, -0.15) is 0 Å². The molecule has 0 N–H and O–H groups in total. The predicted molar refractivity (Wildman–Crippen MR) is 139 cm³/mol. The van der Waals surface area contributed by atoms with Gasteiger partial charge in [-0.25, -0.2) is 9.79 Å². The van der Waals surface area contributed by atoms with Gasteiger partial charge in [0.1, 0.15) is 5.75 Å². The summed E-state index contributed by atoms with van der Waals surface area (Å²) >= 11 is 1.27. The van der Waals surface area contributed by atoms with Crippen LogP contribution in [0.5, 0.6) is 5.75 Å². The van der Waals surface area contributed by atoms with E-state index in [0.29, 0.717) is 26.3 Å². The first-order valence-electron chi connectivity index (χ1n) is 11.5.